The first-order chi connectivity index (χ1) is 12.0. The Labute approximate surface area is 142 Å². The molecule has 2 heterocycles. The number of carbonyl (C=O) groups is 2. The van der Waals surface area contributed by atoms with Gasteiger partial charge in [0.1, 0.15) is 5.82 Å². The third-order valence-corrected chi connectivity index (χ3v) is 4.07. The van der Waals surface area contributed by atoms with Crippen molar-refractivity contribution < 1.29 is 23.6 Å². The van der Waals surface area contributed by atoms with Gasteiger partial charge in [0.2, 0.25) is 11.7 Å². The number of piperidine rings is 1. The Kier molecular flexibility index (Phi) is 4.92. The number of aromatic nitrogens is 2. The number of carbonyl (C=O) groups excluding carboxylic acids is 1. The summed E-state index contributed by atoms with van der Waals surface area (Å²) in [6, 6.07) is 5.50. The van der Waals surface area contributed by atoms with E-state index in [1.54, 1.807) is 17.0 Å². The van der Waals surface area contributed by atoms with Crippen molar-refractivity contribution in [2.24, 2.45) is 5.92 Å². The first-order valence-electron chi connectivity index (χ1n) is 7.87. The minimum absolute atomic E-state index is 0.0417. The fourth-order valence-electron chi connectivity index (χ4n) is 2.66. The van der Waals surface area contributed by atoms with Gasteiger partial charge in [-0.25, -0.2) is 9.18 Å². The second-order valence-corrected chi connectivity index (χ2v) is 5.78. The Morgan fingerprint density at radius 1 is 1.36 bits per heavy atom. The summed E-state index contributed by atoms with van der Waals surface area (Å²) in [7, 11) is 0. The number of likely N-dealkylation sites (tertiary alicyclic amines) is 1. The topological polar surface area (TPSA) is 109 Å². The first kappa shape index (κ1) is 16.9. The smallest absolute Gasteiger partial charge is 0.317 e. The van der Waals surface area contributed by atoms with Crippen LogP contribution in [0.3, 0.4) is 0 Å². The molecule has 2 N–H and O–H groups in total. The number of amides is 2. The highest BCUT2D eigenvalue weighted by Crippen LogP contribution is 2.18. The maximum atomic E-state index is 13.2. The number of benzene rings is 1. The summed E-state index contributed by atoms with van der Waals surface area (Å²) in [6.07, 6.45) is 0.875. The van der Waals surface area contributed by atoms with E-state index in [1.165, 1.54) is 12.1 Å². The molecule has 0 unspecified atom stereocenters. The zero-order valence-corrected chi connectivity index (χ0v) is 13.3. The van der Waals surface area contributed by atoms with Crippen molar-refractivity contribution in [3.63, 3.8) is 0 Å². The van der Waals surface area contributed by atoms with E-state index in [4.69, 9.17) is 9.63 Å². The molecule has 3 rings (SSSR count). The van der Waals surface area contributed by atoms with Gasteiger partial charge < -0.3 is 19.8 Å². The van der Waals surface area contributed by atoms with Crippen LogP contribution in [0.2, 0.25) is 0 Å². The van der Waals surface area contributed by atoms with Gasteiger partial charge in [0.25, 0.3) is 0 Å². The highest BCUT2D eigenvalue weighted by atomic mass is 19.1. The van der Waals surface area contributed by atoms with Gasteiger partial charge in [-0.15, -0.1) is 0 Å². The molecule has 1 aromatic heterocycles. The van der Waals surface area contributed by atoms with E-state index in [0.717, 1.165) is 0 Å². The summed E-state index contributed by atoms with van der Waals surface area (Å²) >= 11 is 0. The number of hydrogen-bond acceptors (Lipinski definition) is 5. The van der Waals surface area contributed by atoms with Crippen LogP contribution < -0.4 is 5.32 Å². The molecule has 1 aliphatic heterocycles. The summed E-state index contributed by atoms with van der Waals surface area (Å²) in [5.74, 6) is -1.18. The highest BCUT2D eigenvalue weighted by molar-refractivity contribution is 5.75. The van der Waals surface area contributed by atoms with Crippen molar-refractivity contribution in [3.05, 3.63) is 36.0 Å². The average Bonchev–Trinajstić information content (AvgIpc) is 3.09. The molecule has 0 spiro atoms. The van der Waals surface area contributed by atoms with Crippen molar-refractivity contribution in [3.8, 4) is 11.4 Å². The average molecular weight is 348 g/mol. The largest absolute Gasteiger partial charge is 0.481 e. The van der Waals surface area contributed by atoms with E-state index in [1.807, 2.05) is 0 Å². The van der Waals surface area contributed by atoms with Crippen LogP contribution in [-0.4, -0.2) is 45.2 Å². The molecule has 9 heteroatoms. The van der Waals surface area contributed by atoms with Crippen molar-refractivity contribution >= 4 is 12.0 Å². The first-order valence-corrected chi connectivity index (χ1v) is 7.87. The number of urea groups is 1. The second-order valence-electron chi connectivity index (χ2n) is 5.78. The molecule has 0 saturated carbocycles. The number of carboxylic acid groups (broad SMARTS) is 1. The molecule has 2 aromatic rings. The summed E-state index contributed by atoms with van der Waals surface area (Å²) in [5.41, 5.74) is 0.483. The van der Waals surface area contributed by atoms with Crippen molar-refractivity contribution in [2.75, 3.05) is 13.1 Å². The lowest BCUT2D eigenvalue weighted by Gasteiger charge is -2.29. The van der Waals surface area contributed by atoms with Crippen molar-refractivity contribution in [2.45, 2.75) is 19.4 Å². The summed E-state index contributed by atoms with van der Waals surface area (Å²) in [4.78, 5) is 28.7. The zero-order valence-electron chi connectivity index (χ0n) is 13.3. The molecule has 1 saturated heterocycles. The van der Waals surface area contributed by atoms with Gasteiger partial charge in [-0.3, -0.25) is 4.79 Å². The minimum atomic E-state index is -0.823. The van der Waals surface area contributed by atoms with E-state index in [0.29, 0.717) is 31.5 Å². The van der Waals surface area contributed by atoms with Gasteiger partial charge in [-0.1, -0.05) is 17.3 Å². The molecule has 0 radical (unpaired) electrons. The van der Waals surface area contributed by atoms with Crippen LogP contribution in [0.4, 0.5) is 9.18 Å². The predicted molar refractivity (Wildman–Crippen MR) is 83.9 cm³/mol. The maximum absolute atomic E-state index is 13.2. The standard InChI is InChI=1S/C16H17FN4O4/c17-12-3-1-2-11(8-12)14-19-13(25-20-14)9-18-16(24)21-6-4-10(5-7-21)15(22)23/h1-3,8,10H,4-7,9H2,(H,18,24)(H,22,23). The lowest BCUT2D eigenvalue weighted by atomic mass is 9.97. The zero-order chi connectivity index (χ0) is 17.8. The monoisotopic (exact) mass is 348 g/mol. The van der Waals surface area contributed by atoms with Crippen LogP contribution in [0.25, 0.3) is 11.4 Å². The number of hydrogen-bond donors (Lipinski definition) is 2. The van der Waals surface area contributed by atoms with Gasteiger partial charge in [0.15, 0.2) is 0 Å². The fourth-order valence-corrected chi connectivity index (χ4v) is 2.66. The molecule has 2 amide bonds. The normalized spacial score (nSPS) is 15.2. The van der Waals surface area contributed by atoms with Crippen LogP contribution in [-0.2, 0) is 11.3 Å². The maximum Gasteiger partial charge on any atom is 0.317 e. The van der Waals surface area contributed by atoms with Gasteiger partial charge >= 0.3 is 12.0 Å². The summed E-state index contributed by atoms with van der Waals surface area (Å²) < 4.78 is 18.3. The number of halogens is 1. The molecule has 1 aliphatic rings. The molecule has 1 aromatic carbocycles. The Morgan fingerprint density at radius 2 is 2.12 bits per heavy atom. The van der Waals surface area contributed by atoms with E-state index in [-0.39, 0.29) is 24.3 Å². The van der Waals surface area contributed by atoms with E-state index >= 15 is 0 Å². The van der Waals surface area contributed by atoms with Crippen LogP contribution in [0.5, 0.6) is 0 Å². The van der Waals surface area contributed by atoms with E-state index in [2.05, 4.69) is 15.5 Å². The molecule has 8 nitrogen and oxygen atoms in total. The molecule has 0 atom stereocenters. The number of rotatable bonds is 4. The van der Waals surface area contributed by atoms with Crippen molar-refractivity contribution in [1.29, 1.82) is 0 Å². The Hall–Kier alpha value is -2.97. The highest BCUT2D eigenvalue weighted by Gasteiger charge is 2.27. The van der Waals surface area contributed by atoms with Crippen LogP contribution in [0.1, 0.15) is 18.7 Å². The third kappa shape index (κ3) is 4.11. The molecular formula is C16H17FN4O4. The van der Waals surface area contributed by atoms with Gasteiger partial charge in [0.05, 0.1) is 12.5 Å². The SMILES string of the molecule is O=C(O)C1CCN(C(=O)NCc2nc(-c3cccc(F)c3)no2)CC1. The van der Waals surface area contributed by atoms with Crippen molar-refractivity contribution in [1.82, 2.24) is 20.4 Å². The van der Waals surface area contributed by atoms with Gasteiger partial charge in [-0.2, -0.15) is 4.98 Å². The molecule has 1 fully saturated rings. The number of nitrogens with one attached hydrogen (secondary N) is 1. The molecular weight excluding hydrogens is 331 g/mol. The number of nitrogens with zero attached hydrogens (tertiary/aromatic N) is 3. The molecule has 132 valence electrons. The Morgan fingerprint density at radius 3 is 2.80 bits per heavy atom. The summed E-state index contributed by atoms with van der Waals surface area (Å²) in [5, 5.41) is 15.4. The summed E-state index contributed by atoms with van der Waals surface area (Å²) in [6.45, 7) is 0.822. The molecule has 0 aliphatic carbocycles. The van der Waals surface area contributed by atoms with Crippen LogP contribution in [0.15, 0.2) is 28.8 Å². The predicted octanol–water partition coefficient (Wildman–Crippen LogP) is 1.88. The van der Waals surface area contributed by atoms with Gasteiger partial charge in [-0.05, 0) is 25.0 Å². The number of aliphatic carboxylic acids is 1. The fraction of sp³-hybridized carbons (Fsp3) is 0.375. The lowest BCUT2D eigenvalue weighted by molar-refractivity contribution is -0.143. The quantitative estimate of drug-likeness (QED) is 0.873. The minimum Gasteiger partial charge on any atom is -0.481 e. The van der Waals surface area contributed by atoms with E-state index < -0.39 is 17.7 Å². The molecule has 25 heavy (non-hydrogen) atoms. The second kappa shape index (κ2) is 7.29. The Balaban J connectivity index is 1.52. The van der Waals surface area contributed by atoms with Crippen LogP contribution >= 0.6 is 0 Å². The van der Waals surface area contributed by atoms with Gasteiger partial charge in [0, 0.05) is 18.7 Å². The Bertz CT molecular complexity index is 771. The van der Waals surface area contributed by atoms with E-state index in [9.17, 15) is 14.0 Å². The molecule has 0 bridgehead atoms. The van der Waals surface area contributed by atoms with Crippen LogP contribution in [0, 0.1) is 11.7 Å². The number of carboxylic acids is 1. The third-order valence-electron chi connectivity index (χ3n) is 4.07. The lowest BCUT2D eigenvalue weighted by Crippen LogP contribution is -2.45.